The van der Waals surface area contributed by atoms with Gasteiger partial charge in [0.2, 0.25) is 0 Å². The number of benzene rings is 2. The molecule has 0 bridgehead atoms. The molecule has 6 heteroatoms. The molecule has 3 amide bonds. The average Bonchev–Trinajstić information content (AvgIpc) is 3.24. The van der Waals surface area contributed by atoms with Crippen LogP contribution in [0.4, 0.5) is 4.79 Å². The van der Waals surface area contributed by atoms with Gasteiger partial charge in [-0.15, -0.1) is 11.3 Å². The van der Waals surface area contributed by atoms with E-state index in [1.165, 1.54) is 5.56 Å². The maximum atomic E-state index is 12.8. The minimum Gasteiger partial charge on any atom is -0.351 e. The van der Waals surface area contributed by atoms with Crippen LogP contribution >= 0.6 is 11.3 Å². The Morgan fingerprint density at radius 2 is 1.67 bits per heavy atom. The van der Waals surface area contributed by atoms with E-state index in [9.17, 15) is 9.59 Å². The number of carbonyl (C=O) groups excluding carboxylic acids is 2. The second-order valence-electron chi connectivity index (χ2n) is 7.77. The molecule has 0 saturated heterocycles. The highest BCUT2D eigenvalue weighted by atomic mass is 32.1. The molecule has 3 aromatic rings. The lowest BCUT2D eigenvalue weighted by Gasteiger charge is -2.22. The number of hydrogen-bond donors (Lipinski definition) is 3. The van der Waals surface area contributed by atoms with E-state index in [1.54, 1.807) is 11.3 Å². The van der Waals surface area contributed by atoms with Gasteiger partial charge in [-0.05, 0) is 29.3 Å². The number of quaternary nitrogens is 1. The number of urea groups is 1. The molecule has 156 valence electrons. The number of rotatable bonds is 8. The Hall–Kier alpha value is -2.96. The van der Waals surface area contributed by atoms with Crippen molar-refractivity contribution < 1.29 is 14.9 Å². The highest BCUT2D eigenvalue weighted by molar-refractivity contribution is 7.10. The monoisotopic (exact) mass is 422 g/mol. The molecular weight excluding hydrogens is 394 g/mol. The van der Waals surface area contributed by atoms with Crippen LogP contribution in [-0.4, -0.2) is 11.9 Å². The van der Waals surface area contributed by atoms with E-state index in [2.05, 4.69) is 49.5 Å². The summed E-state index contributed by atoms with van der Waals surface area (Å²) in [4.78, 5) is 25.3. The predicted molar refractivity (Wildman–Crippen MR) is 120 cm³/mol. The summed E-state index contributed by atoms with van der Waals surface area (Å²) in [6.45, 7) is 4.41. The van der Waals surface area contributed by atoms with Crippen molar-refractivity contribution in [1.29, 1.82) is 0 Å². The molecule has 3 rings (SSSR count). The molecule has 0 aliphatic carbocycles. The van der Waals surface area contributed by atoms with Gasteiger partial charge in [-0.25, -0.2) is 4.79 Å². The third-order valence-electron chi connectivity index (χ3n) is 4.90. The summed E-state index contributed by atoms with van der Waals surface area (Å²) in [5.74, 6) is 0.169. The van der Waals surface area contributed by atoms with E-state index in [1.807, 2.05) is 47.1 Å². The molecule has 0 radical (unpaired) electrons. The first-order valence-corrected chi connectivity index (χ1v) is 10.9. The fourth-order valence-corrected chi connectivity index (χ4v) is 4.41. The number of imide groups is 1. The molecule has 30 heavy (non-hydrogen) atoms. The van der Waals surface area contributed by atoms with Crippen LogP contribution in [0.25, 0.3) is 0 Å². The molecule has 0 aliphatic heterocycles. The second kappa shape index (κ2) is 10.2. The van der Waals surface area contributed by atoms with Crippen LogP contribution in [0.5, 0.6) is 0 Å². The van der Waals surface area contributed by atoms with Gasteiger partial charge in [0.1, 0.15) is 6.04 Å². The molecule has 0 unspecified atom stereocenters. The van der Waals surface area contributed by atoms with Crippen LogP contribution < -0.4 is 16.4 Å². The zero-order valence-corrected chi connectivity index (χ0v) is 18.1. The molecule has 2 atom stereocenters. The standard InChI is InChI=1S/C24H27N3O2S/c1-16(2)15-17-10-12-19(13-11-17)21(20-9-6-14-30-20)26-22(23(28)27-24(25)29)18-7-4-3-5-8-18/h3-14,16,21-22,26H,15H2,1-2H3,(H3,25,27,28,29)/p+1/t21-,22-/m1/s1. The second-order valence-corrected chi connectivity index (χ2v) is 8.75. The summed E-state index contributed by atoms with van der Waals surface area (Å²) in [6.07, 6.45) is 1.03. The molecule has 2 aromatic carbocycles. The fourth-order valence-electron chi connectivity index (χ4n) is 3.57. The van der Waals surface area contributed by atoms with E-state index in [0.717, 1.165) is 22.4 Å². The quantitative estimate of drug-likeness (QED) is 0.518. The lowest BCUT2D eigenvalue weighted by molar-refractivity contribution is -0.713. The molecular formula is C24H28N3O2S+. The van der Waals surface area contributed by atoms with E-state index in [4.69, 9.17) is 5.73 Å². The van der Waals surface area contributed by atoms with E-state index in [-0.39, 0.29) is 6.04 Å². The van der Waals surface area contributed by atoms with Gasteiger partial charge < -0.3 is 11.1 Å². The zero-order chi connectivity index (χ0) is 21.5. The SMILES string of the molecule is CC(C)Cc1ccc([C@@H]([NH2+][C@@H](C(=O)NC(N)=O)c2ccccc2)c2cccs2)cc1. The number of nitrogens with one attached hydrogen (secondary N) is 1. The zero-order valence-electron chi connectivity index (χ0n) is 17.2. The number of amides is 3. The van der Waals surface area contributed by atoms with Crippen LogP contribution in [0, 0.1) is 5.92 Å². The highest BCUT2D eigenvalue weighted by Gasteiger charge is 2.31. The van der Waals surface area contributed by atoms with Gasteiger partial charge in [-0.3, -0.25) is 10.1 Å². The van der Waals surface area contributed by atoms with Crippen molar-refractivity contribution in [2.45, 2.75) is 32.4 Å². The third-order valence-corrected chi connectivity index (χ3v) is 5.86. The van der Waals surface area contributed by atoms with Crippen molar-refractivity contribution >= 4 is 23.3 Å². The fraction of sp³-hybridized carbons (Fsp3) is 0.250. The molecule has 0 spiro atoms. The van der Waals surface area contributed by atoms with Gasteiger partial charge in [0.05, 0.1) is 4.88 Å². The molecule has 0 saturated carbocycles. The van der Waals surface area contributed by atoms with Gasteiger partial charge in [-0.1, -0.05) is 74.5 Å². The maximum Gasteiger partial charge on any atom is 0.319 e. The van der Waals surface area contributed by atoms with Crippen LogP contribution in [0.15, 0.2) is 72.1 Å². The van der Waals surface area contributed by atoms with Crippen molar-refractivity contribution in [3.63, 3.8) is 0 Å². The van der Waals surface area contributed by atoms with Crippen LogP contribution in [-0.2, 0) is 11.2 Å². The highest BCUT2D eigenvalue weighted by Crippen LogP contribution is 2.25. The first-order valence-electron chi connectivity index (χ1n) is 10.1. The first kappa shape index (κ1) is 21.7. The lowest BCUT2D eigenvalue weighted by Crippen LogP contribution is -2.88. The van der Waals surface area contributed by atoms with Gasteiger partial charge in [-0.2, -0.15) is 0 Å². The maximum absolute atomic E-state index is 12.8. The summed E-state index contributed by atoms with van der Waals surface area (Å²) in [6, 6.07) is 20.6. The number of nitrogens with two attached hydrogens (primary N) is 2. The Balaban J connectivity index is 1.94. The van der Waals surface area contributed by atoms with E-state index >= 15 is 0 Å². The molecule has 5 nitrogen and oxygen atoms in total. The van der Waals surface area contributed by atoms with Crippen molar-refractivity contribution in [2.24, 2.45) is 11.7 Å². The third kappa shape index (κ3) is 5.78. The first-order chi connectivity index (χ1) is 14.4. The molecule has 5 N–H and O–H groups in total. The van der Waals surface area contributed by atoms with Crippen LogP contribution in [0.1, 0.15) is 47.5 Å². The molecule has 0 fully saturated rings. The van der Waals surface area contributed by atoms with Gasteiger partial charge in [0.25, 0.3) is 5.91 Å². The van der Waals surface area contributed by atoms with E-state index < -0.39 is 18.0 Å². The summed E-state index contributed by atoms with van der Waals surface area (Å²) in [5, 5.41) is 6.28. The van der Waals surface area contributed by atoms with Gasteiger partial charge >= 0.3 is 6.03 Å². The predicted octanol–water partition coefficient (Wildman–Crippen LogP) is 3.54. The summed E-state index contributed by atoms with van der Waals surface area (Å²) in [5.41, 5.74) is 8.44. The molecule has 1 aromatic heterocycles. The van der Waals surface area contributed by atoms with Gasteiger partial charge in [0, 0.05) is 11.1 Å². The van der Waals surface area contributed by atoms with Gasteiger partial charge in [0.15, 0.2) is 6.04 Å². The Morgan fingerprint density at radius 3 is 2.23 bits per heavy atom. The Kier molecular flexibility index (Phi) is 7.38. The summed E-state index contributed by atoms with van der Waals surface area (Å²) in [7, 11) is 0. The van der Waals surface area contributed by atoms with Crippen molar-refractivity contribution in [3.8, 4) is 0 Å². The summed E-state index contributed by atoms with van der Waals surface area (Å²) < 4.78 is 0. The average molecular weight is 423 g/mol. The normalized spacial score (nSPS) is 13.0. The Morgan fingerprint density at radius 1 is 0.967 bits per heavy atom. The van der Waals surface area contributed by atoms with Crippen molar-refractivity contribution in [1.82, 2.24) is 5.32 Å². The molecule has 0 aliphatic rings. The summed E-state index contributed by atoms with van der Waals surface area (Å²) >= 11 is 1.65. The Bertz CT molecular complexity index is 954. The smallest absolute Gasteiger partial charge is 0.319 e. The number of hydrogen-bond acceptors (Lipinski definition) is 3. The van der Waals surface area contributed by atoms with Crippen molar-refractivity contribution in [3.05, 3.63) is 93.7 Å². The largest absolute Gasteiger partial charge is 0.351 e. The number of thiophene rings is 1. The van der Waals surface area contributed by atoms with Crippen molar-refractivity contribution in [2.75, 3.05) is 0 Å². The molecule has 1 heterocycles. The lowest BCUT2D eigenvalue weighted by atomic mass is 9.97. The minimum absolute atomic E-state index is 0.0815. The number of carbonyl (C=O) groups is 2. The van der Waals surface area contributed by atoms with E-state index in [0.29, 0.717) is 5.92 Å². The van der Waals surface area contributed by atoms with Crippen LogP contribution in [0.3, 0.4) is 0 Å². The van der Waals surface area contributed by atoms with Crippen LogP contribution in [0.2, 0.25) is 0 Å². The number of primary amides is 1. The minimum atomic E-state index is -0.847. The Labute approximate surface area is 181 Å². The topological polar surface area (TPSA) is 88.8 Å².